The zero-order valence-corrected chi connectivity index (χ0v) is 21.1. The molecule has 0 N–H and O–H groups in total. The largest absolute Gasteiger partial charge is 0.493 e. The van der Waals surface area contributed by atoms with Gasteiger partial charge in [0.25, 0.3) is 0 Å². The zero-order chi connectivity index (χ0) is 24.8. The van der Waals surface area contributed by atoms with E-state index in [0.717, 1.165) is 42.9 Å². The third-order valence-electron chi connectivity index (χ3n) is 7.35. The molecule has 0 bridgehead atoms. The fourth-order valence-electron chi connectivity index (χ4n) is 5.00. The van der Waals surface area contributed by atoms with Crippen molar-refractivity contribution in [3.05, 3.63) is 47.5 Å². The van der Waals surface area contributed by atoms with Crippen molar-refractivity contribution < 1.29 is 18.7 Å². The topological polar surface area (TPSA) is 67.8 Å². The van der Waals surface area contributed by atoms with Gasteiger partial charge in [0.05, 0.1) is 19.6 Å². The molecule has 2 atom stereocenters. The number of hydrogen-bond donors (Lipinski definition) is 0. The van der Waals surface area contributed by atoms with Gasteiger partial charge in [-0.2, -0.15) is 0 Å². The van der Waals surface area contributed by atoms with Gasteiger partial charge in [-0.25, -0.2) is 14.4 Å². The first kappa shape index (κ1) is 25.4. The smallest absolute Gasteiger partial charge is 0.226 e. The molecule has 1 aromatic carbocycles. The second-order valence-electron chi connectivity index (χ2n) is 9.92. The fourth-order valence-corrected chi connectivity index (χ4v) is 5.00. The summed E-state index contributed by atoms with van der Waals surface area (Å²) >= 11 is 0. The second-order valence-corrected chi connectivity index (χ2v) is 9.92. The molecule has 2 aliphatic rings. The molecule has 2 aromatic rings. The Morgan fingerprint density at radius 1 is 1.20 bits per heavy atom. The number of aromatic nitrogens is 2. The van der Waals surface area contributed by atoms with Gasteiger partial charge < -0.3 is 19.3 Å². The van der Waals surface area contributed by atoms with Gasteiger partial charge in [-0.1, -0.05) is 6.07 Å². The molecule has 4 rings (SSSR count). The maximum atomic E-state index is 14.5. The average Bonchev–Trinajstić information content (AvgIpc) is 3.64. The van der Waals surface area contributed by atoms with Crippen molar-refractivity contribution in [1.29, 1.82) is 0 Å². The van der Waals surface area contributed by atoms with E-state index >= 15 is 0 Å². The minimum absolute atomic E-state index is 0.0327. The van der Waals surface area contributed by atoms with E-state index < -0.39 is 5.82 Å². The molecule has 1 saturated heterocycles. The van der Waals surface area contributed by atoms with Crippen molar-refractivity contribution in [3.8, 4) is 5.75 Å². The number of halogens is 1. The minimum Gasteiger partial charge on any atom is -0.493 e. The SMILES string of the molecule is COCCN(C)C(=O)Cc1ccc(OCC[C@@H]2C[C@@H]2C2CCN(c3ncc(C)cn3)CC2)cc1F. The molecule has 2 fully saturated rings. The van der Waals surface area contributed by atoms with E-state index in [2.05, 4.69) is 14.9 Å². The number of aryl methyl sites for hydroxylation is 1. The van der Waals surface area contributed by atoms with E-state index in [1.807, 2.05) is 19.3 Å². The predicted octanol–water partition coefficient (Wildman–Crippen LogP) is 3.89. The fraction of sp³-hybridized carbons (Fsp3) is 0.593. The summed E-state index contributed by atoms with van der Waals surface area (Å²) in [5.41, 5.74) is 1.47. The lowest BCUT2D eigenvalue weighted by Crippen LogP contribution is -2.35. The van der Waals surface area contributed by atoms with Crippen LogP contribution in [0.1, 0.15) is 36.8 Å². The number of anilines is 1. The summed E-state index contributed by atoms with van der Waals surface area (Å²) in [5.74, 6) is 3.08. The van der Waals surface area contributed by atoms with Gasteiger partial charge >= 0.3 is 0 Å². The van der Waals surface area contributed by atoms with E-state index in [1.54, 1.807) is 31.2 Å². The molecule has 190 valence electrons. The quantitative estimate of drug-likeness (QED) is 0.482. The van der Waals surface area contributed by atoms with Crippen LogP contribution >= 0.6 is 0 Å². The van der Waals surface area contributed by atoms with E-state index in [-0.39, 0.29) is 12.3 Å². The summed E-state index contributed by atoms with van der Waals surface area (Å²) < 4.78 is 25.3. The number of amides is 1. The Labute approximate surface area is 207 Å². The summed E-state index contributed by atoms with van der Waals surface area (Å²) in [6.07, 6.45) is 8.43. The number of hydrogen-bond acceptors (Lipinski definition) is 6. The second kappa shape index (κ2) is 11.8. The Balaban J connectivity index is 1.16. The monoisotopic (exact) mass is 484 g/mol. The van der Waals surface area contributed by atoms with Crippen LogP contribution in [-0.4, -0.2) is 67.8 Å². The number of nitrogens with zero attached hydrogens (tertiary/aromatic N) is 4. The Bertz CT molecular complexity index is 979. The van der Waals surface area contributed by atoms with Crippen LogP contribution in [0.25, 0.3) is 0 Å². The van der Waals surface area contributed by atoms with Gasteiger partial charge in [-0.05, 0) is 67.6 Å². The van der Waals surface area contributed by atoms with Crippen LogP contribution in [0.2, 0.25) is 0 Å². The van der Waals surface area contributed by atoms with Crippen LogP contribution in [0.4, 0.5) is 10.3 Å². The lowest BCUT2D eigenvalue weighted by atomic mass is 9.90. The number of methoxy groups -OCH3 is 1. The zero-order valence-electron chi connectivity index (χ0n) is 21.1. The standard InChI is InChI=1S/C27H37FN4O3/c1-19-17-29-27(30-18-19)32-9-6-20(7-10-32)24-14-21(24)8-12-35-23-5-4-22(25(28)16-23)15-26(33)31(2)11-13-34-3/h4-5,16-18,20-21,24H,6-15H2,1-3H3/t21-,24-/m1/s1. The molecule has 1 aromatic heterocycles. The molecule has 0 unspecified atom stereocenters. The number of rotatable bonds is 11. The molecular formula is C27H37FN4O3. The van der Waals surface area contributed by atoms with Crippen molar-refractivity contribution in [2.75, 3.05) is 51.9 Å². The van der Waals surface area contributed by atoms with Crippen molar-refractivity contribution in [2.24, 2.45) is 17.8 Å². The molecule has 1 aliphatic carbocycles. The maximum Gasteiger partial charge on any atom is 0.226 e. The van der Waals surface area contributed by atoms with Gasteiger partial charge in [0.2, 0.25) is 11.9 Å². The molecule has 8 heteroatoms. The first-order valence-electron chi connectivity index (χ1n) is 12.6. The highest BCUT2D eigenvalue weighted by Gasteiger charge is 2.43. The number of piperidine rings is 1. The molecule has 7 nitrogen and oxygen atoms in total. The Kier molecular flexibility index (Phi) is 8.55. The number of carbonyl (C=O) groups excluding carboxylic acids is 1. The lowest BCUT2D eigenvalue weighted by molar-refractivity contribution is -0.129. The summed E-state index contributed by atoms with van der Waals surface area (Å²) in [5, 5.41) is 0. The van der Waals surface area contributed by atoms with Gasteiger partial charge in [0.1, 0.15) is 11.6 Å². The molecule has 0 spiro atoms. The molecule has 2 heterocycles. The Morgan fingerprint density at radius 2 is 1.94 bits per heavy atom. The molecule has 0 radical (unpaired) electrons. The number of benzene rings is 1. The summed E-state index contributed by atoms with van der Waals surface area (Å²) in [6, 6.07) is 4.80. The van der Waals surface area contributed by atoms with Crippen LogP contribution in [0.3, 0.4) is 0 Å². The molecule has 35 heavy (non-hydrogen) atoms. The Hall–Kier alpha value is -2.74. The van der Waals surface area contributed by atoms with Gasteiger partial charge in [-0.15, -0.1) is 0 Å². The van der Waals surface area contributed by atoms with Gasteiger partial charge in [-0.3, -0.25) is 4.79 Å². The van der Waals surface area contributed by atoms with E-state index in [9.17, 15) is 9.18 Å². The molecule has 1 saturated carbocycles. The van der Waals surface area contributed by atoms with Crippen molar-refractivity contribution in [3.63, 3.8) is 0 Å². The van der Waals surface area contributed by atoms with E-state index in [4.69, 9.17) is 9.47 Å². The molecule has 1 amide bonds. The van der Waals surface area contributed by atoms with Crippen LogP contribution < -0.4 is 9.64 Å². The number of ether oxygens (including phenoxy) is 2. The van der Waals surface area contributed by atoms with Crippen molar-refractivity contribution in [1.82, 2.24) is 14.9 Å². The van der Waals surface area contributed by atoms with Crippen LogP contribution in [0.15, 0.2) is 30.6 Å². The third kappa shape index (κ3) is 6.90. The number of carbonyl (C=O) groups is 1. The Morgan fingerprint density at radius 3 is 2.63 bits per heavy atom. The maximum absolute atomic E-state index is 14.5. The minimum atomic E-state index is -0.399. The predicted molar refractivity (Wildman–Crippen MR) is 133 cm³/mol. The van der Waals surface area contributed by atoms with E-state index in [1.165, 1.54) is 25.3 Å². The highest BCUT2D eigenvalue weighted by atomic mass is 19.1. The van der Waals surface area contributed by atoms with Crippen molar-refractivity contribution in [2.45, 2.75) is 39.0 Å². The highest BCUT2D eigenvalue weighted by Crippen LogP contribution is 2.49. The third-order valence-corrected chi connectivity index (χ3v) is 7.35. The first-order valence-corrected chi connectivity index (χ1v) is 12.6. The van der Waals surface area contributed by atoms with Gasteiger partial charge in [0.15, 0.2) is 0 Å². The average molecular weight is 485 g/mol. The van der Waals surface area contributed by atoms with Crippen molar-refractivity contribution >= 4 is 11.9 Å². The summed E-state index contributed by atoms with van der Waals surface area (Å²) in [7, 11) is 3.29. The first-order chi connectivity index (χ1) is 16.9. The normalized spacial score (nSPS) is 20.1. The molecular weight excluding hydrogens is 447 g/mol. The van der Waals surface area contributed by atoms with Crippen LogP contribution in [-0.2, 0) is 16.0 Å². The van der Waals surface area contributed by atoms with E-state index in [0.29, 0.717) is 37.0 Å². The van der Waals surface area contributed by atoms with Crippen LogP contribution in [0, 0.1) is 30.5 Å². The highest BCUT2D eigenvalue weighted by molar-refractivity contribution is 5.78. The van der Waals surface area contributed by atoms with Crippen LogP contribution in [0.5, 0.6) is 5.75 Å². The summed E-state index contributed by atoms with van der Waals surface area (Å²) in [4.78, 5) is 25.0. The van der Waals surface area contributed by atoms with Gasteiger partial charge in [0, 0.05) is 52.3 Å². The summed E-state index contributed by atoms with van der Waals surface area (Å²) in [6.45, 7) is 5.58. The molecule has 1 aliphatic heterocycles. The number of likely N-dealkylation sites (N-methyl/N-ethyl adjacent to an activating group) is 1. The lowest BCUT2D eigenvalue weighted by Gasteiger charge is -2.32.